The quantitative estimate of drug-likeness (QED) is 0.847. The number of ether oxygens (including phenoxy) is 1. The summed E-state index contributed by atoms with van der Waals surface area (Å²) in [7, 11) is 2.81. The lowest BCUT2D eigenvalue weighted by atomic mass is 10.1. The second kappa shape index (κ2) is 7.22. The summed E-state index contributed by atoms with van der Waals surface area (Å²) in [6, 6.07) is 12.8. The molecule has 6 nitrogen and oxygen atoms in total. The molecule has 2 aromatic carbocycles. The van der Waals surface area contributed by atoms with E-state index in [2.05, 4.69) is 15.4 Å². The molecule has 0 atom stereocenters. The first-order chi connectivity index (χ1) is 11.0. The van der Waals surface area contributed by atoms with Gasteiger partial charge in [0.2, 0.25) is 0 Å². The Kier molecular flexibility index (Phi) is 5.09. The fourth-order valence-electron chi connectivity index (χ4n) is 1.99. The summed E-state index contributed by atoms with van der Waals surface area (Å²) < 4.78 is 4.63. The molecule has 0 heterocycles. The summed E-state index contributed by atoms with van der Waals surface area (Å²) in [6.45, 7) is 0. The molecule has 23 heavy (non-hydrogen) atoms. The van der Waals surface area contributed by atoms with Crippen molar-refractivity contribution >= 4 is 23.5 Å². The molecule has 0 fully saturated rings. The van der Waals surface area contributed by atoms with Crippen LogP contribution in [0.15, 0.2) is 48.5 Å². The summed E-state index contributed by atoms with van der Waals surface area (Å²) in [4.78, 5) is 35.4. The Morgan fingerprint density at radius 2 is 1.48 bits per heavy atom. The number of anilines is 1. The number of hydrogen-bond donors (Lipinski definition) is 2. The van der Waals surface area contributed by atoms with Gasteiger partial charge in [0.15, 0.2) is 0 Å². The van der Waals surface area contributed by atoms with Crippen molar-refractivity contribution in [3.05, 3.63) is 65.2 Å². The van der Waals surface area contributed by atoms with Gasteiger partial charge in [-0.05, 0) is 36.4 Å². The molecule has 0 aliphatic carbocycles. The van der Waals surface area contributed by atoms with E-state index in [0.29, 0.717) is 22.4 Å². The maximum Gasteiger partial charge on any atom is 0.337 e. The Morgan fingerprint density at radius 1 is 0.870 bits per heavy atom. The molecule has 0 unspecified atom stereocenters. The summed E-state index contributed by atoms with van der Waals surface area (Å²) in [5, 5.41) is 5.21. The molecular weight excluding hydrogens is 296 g/mol. The minimum absolute atomic E-state index is 0.242. The van der Waals surface area contributed by atoms with Crippen LogP contribution >= 0.6 is 0 Å². The van der Waals surface area contributed by atoms with Gasteiger partial charge in [-0.3, -0.25) is 9.59 Å². The first-order valence-corrected chi connectivity index (χ1v) is 6.87. The third-order valence-electron chi connectivity index (χ3n) is 3.16. The number of carbonyl (C=O) groups is 3. The van der Waals surface area contributed by atoms with Crippen LogP contribution in [-0.4, -0.2) is 31.9 Å². The lowest BCUT2D eigenvalue weighted by Crippen LogP contribution is -2.18. The van der Waals surface area contributed by atoms with Crippen LogP contribution in [0.2, 0.25) is 0 Å². The summed E-state index contributed by atoms with van der Waals surface area (Å²) >= 11 is 0. The van der Waals surface area contributed by atoms with Crippen LogP contribution in [0.25, 0.3) is 0 Å². The number of carbonyl (C=O) groups excluding carboxylic acids is 3. The van der Waals surface area contributed by atoms with Crippen molar-refractivity contribution in [2.24, 2.45) is 0 Å². The van der Waals surface area contributed by atoms with Crippen molar-refractivity contribution in [3.63, 3.8) is 0 Å². The molecule has 2 aromatic rings. The monoisotopic (exact) mass is 312 g/mol. The van der Waals surface area contributed by atoms with E-state index in [4.69, 9.17) is 0 Å². The highest BCUT2D eigenvalue weighted by atomic mass is 16.5. The molecule has 2 rings (SSSR count). The first-order valence-electron chi connectivity index (χ1n) is 6.87. The van der Waals surface area contributed by atoms with Crippen molar-refractivity contribution in [1.29, 1.82) is 0 Å². The minimum Gasteiger partial charge on any atom is -0.465 e. The van der Waals surface area contributed by atoms with Gasteiger partial charge < -0.3 is 15.4 Å². The number of esters is 1. The normalized spacial score (nSPS) is 9.83. The highest BCUT2D eigenvalue weighted by Crippen LogP contribution is 2.13. The van der Waals surface area contributed by atoms with Gasteiger partial charge in [0.25, 0.3) is 11.8 Å². The largest absolute Gasteiger partial charge is 0.465 e. The minimum atomic E-state index is -0.513. The highest BCUT2D eigenvalue weighted by molar-refractivity contribution is 6.06. The van der Waals surface area contributed by atoms with Crippen LogP contribution in [0.3, 0.4) is 0 Å². The van der Waals surface area contributed by atoms with Crippen molar-refractivity contribution in [2.75, 3.05) is 19.5 Å². The molecule has 0 aliphatic heterocycles. The molecule has 0 saturated carbocycles. The number of methoxy groups -OCH3 is 1. The second-order valence-electron chi connectivity index (χ2n) is 4.69. The van der Waals surface area contributed by atoms with Gasteiger partial charge in [-0.2, -0.15) is 0 Å². The van der Waals surface area contributed by atoms with Crippen molar-refractivity contribution < 1.29 is 19.1 Å². The van der Waals surface area contributed by atoms with Crippen molar-refractivity contribution in [2.45, 2.75) is 0 Å². The SMILES string of the molecule is CNC(=O)c1cccc(NC(=O)c2cccc(C(=O)OC)c2)c1. The van der Waals surface area contributed by atoms with Crippen LogP contribution in [0, 0.1) is 0 Å². The smallest absolute Gasteiger partial charge is 0.337 e. The molecule has 6 heteroatoms. The Labute approximate surface area is 133 Å². The second-order valence-corrected chi connectivity index (χ2v) is 4.69. The zero-order valence-electron chi connectivity index (χ0n) is 12.8. The molecule has 0 saturated heterocycles. The maximum atomic E-state index is 12.3. The third-order valence-corrected chi connectivity index (χ3v) is 3.16. The van der Waals surface area contributed by atoms with Crippen LogP contribution in [0.1, 0.15) is 31.1 Å². The fourth-order valence-corrected chi connectivity index (χ4v) is 1.99. The molecule has 118 valence electrons. The lowest BCUT2D eigenvalue weighted by Gasteiger charge is -2.08. The number of rotatable bonds is 4. The predicted octanol–water partition coefficient (Wildman–Crippen LogP) is 2.09. The van der Waals surface area contributed by atoms with Gasteiger partial charge in [-0.1, -0.05) is 12.1 Å². The fraction of sp³-hybridized carbons (Fsp3) is 0.118. The average Bonchev–Trinajstić information content (AvgIpc) is 2.60. The summed E-state index contributed by atoms with van der Waals surface area (Å²) in [5.74, 6) is -1.14. The lowest BCUT2D eigenvalue weighted by molar-refractivity contribution is 0.0600. The Hall–Kier alpha value is -3.15. The van der Waals surface area contributed by atoms with E-state index in [1.165, 1.54) is 20.2 Å². The van der Waals surface area contributed by atoms with Crippen LogP contribution in [-0.2, 0) is 4.74 Å². The van der Waals surface area contributed by atoms with Gasteiger partial charge in [0, 0.05) is 23.9 Å². The van der Waals surface area contributed by atoms with E-state index in [9.17, 15) is 14.4 Å². The molecule has 0 aliphatic rings. The Morgan fingerprint density at radius 3 is 2.13 bits per heavy atom. The zero-order valence-corrected chi connectivity index (χ0v) is 12.8. The van der Waals surface area contributed by atoms with Crippen molar-refractivity contribution in [1.82, 2.24) is 5.32 Å². The molecule has 2 N–H and O–H groups in total. The molecular formula is C17H16N2O4. The van der Waals surface area contributed by atoms with Crippen LogP contribution in [0.5, 0.6) is 0 Å². The number of amides is 2. The molecule has 0 radical (unpaired) electrons. The molecule has 0 bridgehead atoms. The summed E-state index contributed by atoms with van der Waals surface area (Å²) in [5.41, 5.74) is 1.53. The van der Waals surface area contributed by atoms with E-state index in [0.717, 1.165) is 0 Å². The van der Waals surface area contributed by atoms with Gasteiger partial charge in [0.05, 0.1) is 12.7 Å². The number of hydrogen-bond acceptors (Lipinski definition) is 4. The van der Waals surface area contributed by atoms with Crippen molar-refractivity contribution in [3.8, 4) is 0 Å². The van der Waals surface area contributed by atoms with E-state index < -0.39 is 5.97 Å². The van der Waals surface area contributed by atoms with Gasteiger partial charge in [0.1, 0.15) is 0 Å². The van der Waals surface area contributed by atoms with Crippen LogP contribution < -0.4 is 10.6 Å². The molecule has 0 aromatic heterocycles. The van der Waals surface area contributed by atoms with Gasteiger partial charge in [-0.25, -0.2) is 4.79 Å². The molecule has 0 spiro atoms. The van der Waals surface area contributed by atoms with Gasteiger partial charge in [-0.15, -0.1) is 0 Å². The highest BCUT2D eigenvalue weighted by Gasteiger charge is 2.11. The van der Waals surface area contributed by atoms with Crippen LogP contribution in [0.4, 0.5) is 5.69 Å². The number of benzene rings is 2. The van der Waals surface area contributed by atoms with E-state index in [1.54, 1.807) is 42.5 Å². The third kappa shape index (κ3) is 3.94. The number of nitrogens with one attached hydrogen (secondary N) is 2. The average molecular weight is 312 g/mol. The first kappa shape index (κ1) is 16.2. The zero-order chi connectivity index (χ0) is 16.8. The van der Waals surface area contributed by atoms with E-state index >= 15 is 0 Å². The standard InChI is InChI=1S/C17H16N2O4/c1-18-15(20)12-6-4-8-14(10-12)19-16(21)11-5-3-7-13(9-11)17(22)23-2/h3-10H,1-2H3,(H,18,20)(H,19,21). The Bertz CT molecular complexity index is 756. The predicted molar refractivity (Wildman–Crippen MR) is 85.6 cm³/mol. The Balaban J connectivity index is 2.19. The maximum absolute atomic E-state index is 12.3. The topological polar surface area (TPSA) is 84.5 Å². The van der Waals surface area contributed by atoms with Gasteiger partial charge >= 0.3 is 5.97 Å². The van der Waals surface area contributed by atoms with E-state index in [1.807, 2.05) is 0 Å². The van der Waals surface area contributed by atoms with E-state index in [-0.39, 0.29) is 11.8 Å². The summed E-state index contributed by atoms with van der Waals surface area (Å²) in [6.07, 6.45) is 0. The molecule has 2 amide bonds.